The summed E-state index contributed by atoms with van der Waals surface area (Å²) in [6, 6.07) is 4.23. The van der Waals surface area contributed by atoms with Crippen LogP contribution in [0.5, 0.6) is 0 Å². The molecule has 2 bridgehead atoms. The molecule has 23 heavy (non-hydrogen) atoms. The number of rotatable bonds is 0. The van der Waals surface area contributed by atoms with Gasteiger partial charge in [0.1, 0.15) is 11.2 Å². The highest BCUT2D eigenvalue weighted by atomic mass is 16.3. The molecule has 1 nitrogen and oxygen atoms in total. The molecule has 0 amide bonds. The number of hydrogen-bond donors (Lipinski definition) is 0. The summed E-state index contributed by atoms with van der Waals surface area (Å²) in [5.41, 5.74) is 10.1. The lowest BCUT2D eigenvalue weighted by Gasteiger charge is -2.57. The predicted molar refractivity (Wildman–Crippen MR) is 94.0 cm³/mol. The van der Waals surface area contributed by atoms with Crippen molar-refractivity contribution in [2.45, 2.75) is 13.8 Å². The number of fused-ring (bicyclic) bond motifs is 7. The standard InChI is InChI=1S/C22H16O/c1-21-13-5-3-7-15(21)19-17-11-12-18(23-17)20(19)16-8-4-6-14(10-9-13)22(16,21)2/h3-12H,1-2H3/t21-,22+. The van der Waals surface area contributed by atoms with Crippen LogP contribution in [0.4, 0.5) is 0 Å². The van der Waals surface area contributed by atoms with Crippen LogP contribution in [0.25, 0.3) is 22.3 Å². The summed E-state index contributed by atoms with van der Waals surface area (Å²) < 4.78 is 6.08. The first-order valence-corrected chi connectivity index (χ1v) is 8.22. The van der Waals surface area contributed by atoms with Crippen LogP contribution in [-0.4, -0.2) is 0 Å². The molecule has 0 spiro atoms. The van der Waals surface area contributed by atoms with Crippen molar-refractivity contribution in [2.24, 2.45) is 10.8 Å². The minimum Gasteiger partial charge on any atom is -0.456 e. The third-order valence-electron chi connectivity index (χ3n) is 6.64. The molecule has 0 fully saturated rings. The molecule has 4 aliphatic rings. The van der Waals surface area contributed by atoms with Crippen LogP contribution in [0, 0.1) is 10.8 Å². The normalized spacial score (nSPS) is 33.0. The van der Waals surface area contributed by atoms with Crippen molar-refractivity contribution >= 4 is 22.3 Å². The highest BCUT2D eigenvalue weighted by Crippen LogP contribution is 2.71. The summed E-state index contributed by atoms with van der Waals surface area (Å²) in [5, 5.41) is 0. The van der Waals surface area contributed by atoms with Gasteiger partial charge in [0.2, 0.25) is 0 Å². The average molecular weight is 296 g/mol. The van der Waals surface area contributed by atoms with Crippen molar-refractivity contribution in [3.8, 4) is 0 Å². The zero-order valence-corrected chi connectivity index (χ0v) is 13.2. The first-order valence-electron chi connectivity index (χ1n) is 8.22. The smallest absolute Gasteiger partial charge is 0.135 e. The van der Waals surface area contributed by atoms with Gasteiger partial charge < -0.3 is 4.42 Å². The molecule has 2 aromatic rings. The Morgan fingerprint density at radius 2 is 1.17 bits per heavy atom. The van der Waals surface area contributed by atoms with E-state index in [0.717, 1.165) is 11.2 Å². The summed E-state index contributed by atoms with van der Waals surface area (Å²) in [6.45, 7) is 4.80. The van der Waals surface area contributed by atoms with Crippen LogP contribution in [0.3, 0.4) is 0 Å². The van der Waals surface area contributed by atoms with E-state index in [0.29, 0.717) is 0 Å². The van der Waals surface area contributed by atoms with Gasteiger partial charge in [-0.3, -0.25) is 0 Å². The lowest BCUT2D eigenvalue weighted by molar-refractivity contribution is 0.303. The van der Waals surface area contributed by atoms with Crippen molar-refractivity contribution in [1.82, 2.24) is 0 Å². The van der Waals surface area contributed by atoms with Crippen LogP contribution in [0.1, 0.15) is 25.0 Å². The van der Waals surface area contributed by atoms with E-state index in [-0.39, 0.29) is 10.8 Å². The van der Waals surface area contributed by atoms with Crippen LogP contribution < -0.4 is 0 Å². The first kappa shape index (κ1) is 12.0. The molecule has 2 aromatic heterocycles. The highest BCUT2D eigenvalue weighted by molar-refractivity contribution is 6.06. The van der Waals surface area contributed by atoms with Crippen molar-refractivity contribution in [1.29, 1.82) is 0 Å². The summed E-state index contributed by atoms with van der Waals surface area (Å²) in [6.07, 6.45) is 18.1. The maximum Gasteiger partial charge on any atom is 0.135 e. The van der Waals surface area contributed by atoms with Gasteiger partial charge in [-0.2, -0.15) is 0 Å². The Bertz CT molecular complexity index is 994. The quantitative estimate of drug-likeness (QED) is 0.610. The third kappa shape index (κ3) is 1.01. The summed E-state index contributed by atoms with van der Waals surface area (Å²) in [7, 11) is 0. The fourth-order valence-electron chi connectivity index (χ4n) is 5.27. The second kappa shape index (κ2) is 3.35. The Kier molecular flexibility index (Phi) is 1.74. The van der Waals surface area contributed by atoms with Crippen LogP contribution in [0.2, 0.25) is 0 Å². The highest BCUT2D eigenvalue weighted by Gasteiger charge is 2.59. The molecular weight excluding hydrogens is 280 g/mol. The maximum atomic E-state index is 6.08. The number of furan rings is 2. The Morgan fingerprint density at radius 1 is 0.696 bits per heavy atom. The molecule has 4 aliphatic carbocycles. The molecule has 0 radical (unpaired) electrons. The Labute approximate surface area is 135 Å². The third-order valence-corrected chi connectivity index (χ3v) is 6.64. The number of allylic oxidation sites excluding steroid dienone is 12. The van der Waals surface area contributed by atoms with Crippen molar-refractivity contribution < 1.29 is 4.42 Å². The Hall–Kier alpha value is -2.54. The van der Waals surface area contributed by atoms with E-state index in [2.05, 4.69) is 74.6 Å². The van der Waals surface area contributed by atoms with Gasteiger partial charge in [-0.25, -0.2) is 0 Å². The largest absolute Gasteiger partial charge is 0.456 e. The Balaban J connectivity index is 1.88. The summed E-state index contributed by atoms with van der Waals surface area (Å²) >= 11 is 0. The molecule has 110 valence electrons. The van der Waals surface area contributed by atoms with Gasteiger partial charge >= 0.3 is 0 Å². The van der Waals surface area contributed by atoms with Gasteiger partial charge in [-0.05, 0) is 34.4 Å². The van der Waals surface area contributed by atoms with Crippen molar-refractivity contribution in [3.05, 3.63) is 83.0 Å². The van der Waals surface area contributed by atoms with Crippen LogP contribution >= 0.6 is 0 Å². The molecule has 0 N–H and O–H groups in total. The minimum absolute atomic E-state index is 0.0451. The molecule has 1 heteroatoms. The van der Waals surface area contributed by atoms with E-state index in [1.54, 1.807) is 0 Å². The molecule has 0 saturated carbocycles. The van der Waals surface area contributed by atoms with E-state index in [9.17, 15) is 0 Å². The van der Waals surface area contributed by atoms with E-state index in [1.165, 1.54) is 33.4 Å². The topological polar surface area (TPSA) is 13.1 Å². The summed E-state index contributed by atoms with van der Waals surface area (Å²) in [4.78, 5) is 0. The minimum atomic E-state index is -0.0451. The van der Waals surface area contributed by atoms with Gasteiger partial charge in [0.25, 0.3) is 0 Å². The van der Waals surface area contributed by atoms with Gasteiger partial charge in [0.15, 0.2) is 0 Å². The molecular formula is C22H16O. The molecule has 0 aromatic carbocycles. The van der Waals surface area contributed by atoms with Crippen molar-refractivity contribution in [3.63, 3.8) is 0 Å². The molecule has 0 unspecified atom stereocenters. The zero-order valence-electron chi connectivity index (χ0n) is 13.2. The van der Waals surface area contributed by atoms with Crippen molar-refractivity contribution in [2.75, 3.05) is 0 Å². The van der Waals surface area contributed by atoms with Gasteiger partial charge in [-0.1, -0.05) is 62.5 Å². The number of hydrogen-bond acceptors (Lipinski definition) is 1. The zero-order chi connectivity index (χ0) is 15.4. The molecule has 2 atom stereocenters. The average Bonchev–Trinajstić information content (AvgIpc) is 3.15. The van der Waals surface area contributed by atoms with Crippen LogP contribution in [-0.2, 0) is 0 Å². The molecule has 2 heterocycles. The molecule has 0 saturated heterocycles. The van der Waals surface area contributed by atoms with E-state index in [4.69, 9.17) is 4.42 Å². The SMILES string of the molecule is C[C@]12C3=CC=C4C=CC=C(c5c(c6ccc5o6)C1=CC=C3)[C@@]42C. The monoisotopic (exact) mass is 296 g/mol. The fourth-order valence-corrected chi connectivity index (χ4v) is 5.27. The molecule has 6 rings (SSSR count). The molecule has 0 aliphatic heterocycles. The Morgan fingerprint density at radius 3 is 1.65 bits per heavy atom. The van der Waals surface area contributed by atoms with Gasteiger partial charge in [0.05, 0.1) is 0 Å². The second-order valence-corrected chi connectivity index (χ2v) is 7.29. The lowest BCUT2D eigenvalue weighted by Crippen LogP contribution is -2.47. The maximum absolute atomic E-state index is 6.08. The number of benzene rings is 1. The van der Waals surface area contributed by atoms with Gasteiger partial charge in [0, 0.05) is 22.0 Å². The lowest BCUT2D eigenvalue weighted by atomic mass is 9.44. The van der Waals surface area contributed by atoms with Gasteiger partial charge in [-0.15, -0.1) is 0 Å². The van der Waals surface area contributed by atoms with E-state index < -0.39 is 0 Å². The fraction of sp³-hybridized carbons (Fsp3) is 0.182. The van der Waals surface area contributed by atoms with E-state index in [1.807, 2.05) is 0 Å². The van der Waals surface area contributed by atoms with E-state index >= 15 is 0 Å². The van der Waals surface area contributed by atoms with Crippen LogP contribution in [0.15, 0.2) is 76.3 Å². The predicted octanol–water partition coefficient (Wildman–Crippen LogP) is 5.67. The first-order chi connectivity index (χ1) is 11.2. The second-order valence-electron chi connectivity index (χ2n) is 7.29. The summed E-state index contributed by atoms with van der Waals surface area (Å²) in [5.74, 6) is 0.